The highest BCUT2D eigenvalue weighted by atomic mass is 15.4. The van der Waals surface area contributed by atoms with E-state index in [0.29, 0.717) is 6.67 Å². The first-order valence-corrected chi connectivity index (χ1v) is 3.32. The maximum atomic E-state index is 5.50. The maximum Gasteiger partial charge on any atom is 0.152 e. The average Bonchev–Trinajstić information content (AvgIpc) is 2.04. The summed E-state index contributed by atoms with van der Waals surface area (Å²) in [6, 6.07) is 0. The fraction of sp³-hybridized carbons (Fsp3) is 0.167. The first kappa shape index (κ1) is 6.23. The van der Waals surface area contributed by atoms with Crippen molar-refractivity contribution in [1.29, 1.82) is 0 Å². The molecule has 0 saturated carbocycles. The fourth-order valence-electron chi connectivity index (χ4n) is 0.986. The summed E-state index contributed by atoms with van der Waals surface area (Å²) in [7, 11) is 0. The summed E-state index contributed by atoms with van der Waals surface area (Å²) in [5.74, 6) is 6.34. The first-order valence-electron chi connectivity index (χ1n) is 3.32. The molecule has 0 unspecified atom stereocenters. The summed E-state index contributed by atoms with van der Waals surface area (Å²) >= 11 is 0. The molecule has 11 heavy (non-hydrogen) atoms. The van der Waals surface area contributed by atoms with Gasteiger partial charge in [0.15, 0.2) is 5.84 Å². The molecule has 2 aliphatic heterocycles. The van der Waals surface area contributed by atoms with Crippen LogP contribution in [-0.2, 0) is 0 Å². The highest BCUT2D eigenvalue weighted by molar-refractivity contribution is 5.99. The Morgan fingerprint density at radius 2 is 2.27 bits per heavy atom. The number of amidine groups is 1. The molecule has 0 aromatic heterocycles. The van der Waals surface area contributed by atoms with E-state index in [1.165, 1.54) is 5.01 Å². The Morgan fingerprint density at radius 3 is 3.18 bits per heavy atom. The molecule has 4 N–H and O–H groups in total. The molecule has 5 nitrogen and oxygen atoms in total. The van der Waals surface area contributed by atoms with Crippen LogP contribution in [0.1, 0.15) is 0 Å². The van der Waals surface area contributed by atoms with Gasteiger partial charge in [0.1, 0.15) is 6.67 Å². The van der Waals surface area contributed by atoms with Crippen LogP contribution in [0.25, 0.3) is 0 Å². The summed E-state index contributed by atoms with van der Waals surface area (Å²) in [6.45, 7) is 0.501. The molecule has 0 fully saturated rings. The van der Waals surface area contributed by atoms with E-state index in [1.54, 1.807) is 18.6 Å². The summed E-state index contributed by atoms with van der Waals surface area (Å²) in [5.41, 5.74) is 0.904. The number of nitrogens with two attached hydrogens (primary N) is 1. The van der Waals surface area contributed by atoms with Crippen molar-refractivity contribution in [3.8, 4) is 0 Å². The second kappa shape index (κ2) is 2.28. The second-order valence-corrected chi connectivity index (χ2v) is 2.33. The molecular formula is C6H9N5. The van der Waals surface area contributed by atoms with Crippen LogP contribution < -0.4 is 16.5 Å². The van der Waals surface area contributed by atoms with E-state index in [1.807, 2.05) is 0 Å². The smallest absolute Gasteiger partial charge is 0.152 e. The highest BCUT2D eigenvalue weighted by Gasteiger charge is 2.12. The molecule has 0 amide bonds. The summed E-state index contributed by atoms with van der Waals surface area (Å²) < 4.78 is 0. The predicted octanol–water partition coefficient (Wildman–Crippen LogP) is -0.963. The van der Waals surface area contributed by atoms with Crippen molar-refractivity contribution >= 4 is 5.84 Å². The molecule has 2 heterocycles. The molecule has 0 aromatic carbocycles. The van der Waals surface area contributed by atoms with Crippen molar-refractivity contribution in [3.63, 3.8) is 0 Å². The minimum absolute atomic E-state index is 0.501. The van der Waals surface area contributed by atoms with Crippen LogP contribution >= 0.6 is 0 Å². The first-order chi connectivity index (χ1) is 5.36. The van der Waals surface area contributed by atoms with Crippen molar-refractivity contribution in [1.82, 2.24) is 15.6 Å². The van der Waals surface area contributed by atoms with E-state index >= 15 is 0 Å². The van der Waals surface area contributed by atoms with Gasteiger partial charge >= 0.3 is 0 Å². The number of hydrazine groups is 1. The van der Waals surface area contributed by atoms with Gasteiger partial charge in [0.05, 0.1) is 5.70 Å². The third-order valence-electron chi connectivity index (χ3n) is 1.48. The average molecular weight is 151 g/mol. The molecule has 0 bridgehead atoms. The molecule has 0 radical (unpaired) electrons. The van der Waals surface area contributed by atoms with Gasteiger partial charge in [-0.25, -0.2) is 10.8 Å². The molecule has 0 aliphatic carbocycles. The maximum absolute atomic E-state index is 5.50. The Kier molecular flexibility index (Phi) is 1.29. The number of nitrogens with zero attached hydrogens (tertiary/aromatic N) is 2. The standard InChI is InChI=1S/C6H9N5/c7-11-3-5-6(10-4-11)9-2-1-8-5/h1-3,8H,4,7H2,(H,9,10). The Bertz CT molecular complexity index is 252. The number of hydrogen-bond donors (Lipinski definition) is 3. The van der Waals surface area contributed by atoms with E-state index in [4.69, 9.17) is 5.84 Å². The molecule has 2 aliphatic rings. The Balaban J connectivity index is 2.28. The summed E-state index contributed by atoms with van der Waals surface area (Å²) in [5, 5.41) is 7.54. The lowest BCUT2D eigenvalue weighted by Crippen LogP contribution is -2.39. The van der Waals surface area contributed by atoms with Crippen LogP contribution in [-0.4, -0.2) is 17.5 Å². The van der Waals surface area contributed by atoms with Crippen LogP contribution in [0.4, 0.5) is 0 Å². The SMILES string of the molecule is NN1C=C2NC=CNC2=NC1. The zero-order valence-corrected chi connectivity index (χ0v) is 5.91. The van der Waals surface area contributed by atoms with Gasteiger partial charge in [-0.2, -0.15) is 0 Å². The lowest BCUT2D eigenvalue weighted by atomic mass is 10.3. The molecule has 2 rings (SSSR count). The Hall–Kier alpha value is -1.49. The molecule has 0 atom stereocenters. The molecule has 5 heteroatoms. The molecular weight excluding hydrogens is 142 g/mol. The number of hydrogen-bond acceptors (Lipinski definition) is 5. The van der Waals surface area contributed by atoms with Gasteiger partial charge in [-0.05, 0) is 0 Å². The van der Waals surface area contributed by atoms with Crippen LogP contribution in [0, 0.1) is 0 Å². The van der Waals surface area contributed by atoms with Gasteiger partial charge in [-0.3, -0.25) is 5.01 Å². The normalized spacial score (nSPS) is 21.0. The minimum Gasteiger partial charge on any atom is -0.356 e. The van der Waals surface area contributed by atoms with Crippen molar-refractivity contribution < 1.29 is 0 Å². The van der Waals surface area contributed by atoms with Crippen molar-refractivity contribution in [2.45, 2.75) is 0 Å². The zero-order chi connectivity index (χ0) is 7.68. The van der Waals surface area contributed by atoms with E-state index < -0.39 is 0 Å². The third kappa shape index (κ3) is 1.05. The monoisotopic (exact) mass is 151 g/mol. The van der Waals surface area contributed by atoms with Gasteiger partial charge in [0, 0.05) is 18.6 Å². The number of rotatable bonds is 0. The summed E-state index contributed by atoms with van der Waals surface area (Å²) in [4.78, 5) is 4.16. The van der Waals surface area contributed by atoms with Gasteiger partial charge in [0.2, 0.25) is 0 Å². The van der Waals surface area contributed by atoms with Gasteiger partial charge in [0.25, 0.3) is 0 Å². The molecule has 0 spiro atoms. The topological polar surface area (TPSA) is 65.7 Å². The van der Waals surface area contributed by atoms with Gasteiger partial charge in [-0.15, -0.1) is 0 Å². The minimum atomic E-state index is 0.501. The quantitative estimate of drug-likeness (QED) is 0.390. The third-order valence-corrected chi connectivity index (χ3v) is 1.48. The lowest BCUT2D eigenvalue weighted by molar-refractivity contribution is 0.397. The predicted molar refractivity (Wildman–Crippen MR) is 41.8 cm³/mol. The second-order valence-electron chi connectivity index (χ2n) is 2.33. The van der Waals surface area contributed by atoms with E-state index in [9.17, 15) is 0 Å². The van der Waals surface area contributed by atoms with Crippen molar-refractivity contribution in [2.24, 2.45) is 10.8 Å². The van der Waals surface area contributed by atoms with Gasteiger partial charge in [-0.1, -0.05) is 0 Å². The number of aliphatic imine (C=N–C) groups is 1. The molecule has 0 aromatic rings. The summed E-state index contributed by atoms with van der Waals surface area (Å²) in [6.07, 6.45) is 5.39. The van der Waals surface area contributed by atoms with Crippen molar-refractivity contribution in [3.05, 3.63) is 24.3 Å². The van der Waals surface area contributed by atoms with Crippen LogP contribution in [0.3, 0.4) is 0 Å². The fourth-order valence-corrected chi connectivity index (χ4v) is 0.986. The molecule has 0 saturated heterocycles. The lowest BCUT2D eigenvalue weighted by Gasteiger charge is -2.23. The Morgan fingerprint density at radius 1 is 1.45 bits per heavy atom. The van der Waals surface area contributed by atoms with Crippen LogP contribution in [0.2, 0.25) is 0 Å². The number of fused-ring (bicyclic) bond motifs is 1. The zero-order valence-electron chi connectivity index (χ0n) is 5.91. The highest BCUT2D eigenvalue weighted by Crippen LogP contribution is 2.03. The Labute approximate surface area is 64.2 Å². The molecule has 58 valence electrons. The van der Waals surface area contributed by atoms with E-state index in [2.05, 4.69) is 15.6 Å². The number of nitrogens with one attached hydrogen (secondary N) is 2. The van der Waals surface area contributed by atoms with E-state index in [0.717, 1.165) is 11.5 Å². The van der Waals surface area contributed by atoms with Crippen LogP contribution in [0.5, 0.6) is 0 Å². The van der Waals surface area contributed by atoms with E-state index in [-0.39, 0.29) is 0 Å². The largest absolute Gasteiger partial charge is 0.356 e. The van der Waals surface area contributed by atoms with Gasteiger partial charge < -0.3 is 10.6 Å². The van der Waals surface area contributed by atoms with Crippen LogP contribution in [0.15, 0.2) is 29.3 Å². The van der Waals surface area contributed by atoms with Crippen molar-refractivity contribution in [2.75, 3.05) is 6.67 Å².